The van der Waals surface area contributed by atoms with Crippen molar-refractivity contribution in [2.75, 3.05) is 0 Å². The van der Waals surface area contributed by atoms with Crippen LogP contribution in [0.1, 0.15) is 35.9 Å². The van der Waals surface area contributed by atoms with Gasteiger partial charge in [-0.2, -0.15) is 0 Å². The maximum Gasteiger partial charge on any atom is 0.257 e. The summed E-state index contributed by atoms with van der Waals surface area (Å²) in [7, 11) is 0. The summed E-state index contributed by atoms with van der Waals surface area (Å²) in [6, 6.07) is 10.00. The highest BCUT2D eigenvalue weighted by atomic mass is 16.5. The molecule has 1 fully saturated rings. The van der Waals surface area contributed by atoms with Crippen molar-refractivity contribution in [1.29, 1.82) is 0 Å². The second-order valence-electron chi connectivity index (χ2n) is 4.80. The Balaban J connectivity index is 2.00. The summed E-state index contributed by atoms with van der Waals surface area (Å²) in [5.41, 5.74) is 2.13. The van der Waals surface area contributed by atoms with E-state index in [4.69, 9.17) is 4.52 Å². The van der Waals surface area contributed by atoms with Gasteiger partial charge >= 0.3 is 0 Å². The Labute approximate surface area is 111 Å². The molecule has 0 spiro atoms. The molecule has 0 bridgehead atoms. The lowest BCUT2D eigenvalue weighted by Crippen LogP contribution is -2.26. The molecular formula is C15H16N2O2. The highest BCUT2D eigenvalue weighted by molar-refractivity contribution is 6.01. The minimum atomic E-state index is -0.0700. The number of carbonyl (C=O) groups excluding carboxylic acids is 1. The lowest BCUT2D eigenvalue weighted by molar-refractivity contribution is 0.0949. The molecule has 1 aliphatic carbocycles. The quantitative estimate of drug-likeness (QED) is 0.915. The Morgan fingerprint density at radius 3 is 2.74 bits per heavy atom. The molecule has 0 saturated heterocycles. The monoisotopic (exact) mass is 256 g/mol. The van der Waals surface area contributed by atoms with Gasteiger partial charge in [0.1, 0.15) is 17.0 Å². The molecule has 0 atom stereocenters. The zero-order chi connectivity index (χ0) is 13.2. The van der Waals surface area contributed by atoms with Gasteiger partial charge in [-0.25, -0.2) is 0 Å². The van der Waals surface area contributed by atoms with Crippen LogP contribution in [0.3, 0.4) is 0 Å². The first kappa shape index (κ1) is 12.0. The molecule has 0 unspecified atom stereocenters. The number of aromatic nitrogens is 1. The van der Waals surface area contributed by atoms with E-state index >= 15 is 0 Å². The van der Waals surface area contributed by atoms with Crippen LogP contribution in [0.2, 0.25) is 0 Å². The molecule has 1 heterocycles. The third kappa shape index (κ3) is 2.38. The summed E-state index contributed by atoms with van der Waals surface area (Å²) in [5.74, 6) is 0.580. The molecule has 1 aromatic heterocycles. The number of rotatable bonds is 4. The second kappa shape index (κ2) is 4.88. The highest BCUT2D eigenvalue weighted by Gasteiger charge is 2.28. The molecule has 1 N–H and O–H groups in total. The Morgan fingerprint density at radius 1 is 1.37 bits per heavy atom. The fourth-order valence-electron chi connectivity index (χ4n) is 2.08. The first-order chi connectivity index (χ1) is 9.29. The van der Waals surface area contributed by atoms with E-state index < -0.39 is 0 Å². The number of nitrogens with zero attached hydrogens (tertiary/aromatic N) is 1. The van der Waals surface area contributed by atoms with E-state index in [-0.39, 0.29) is 5.91 Å². The third-order valence-corrected chi connectivity index (χ3v) is 3.27. The molecular weight excluding hydrogens is 240 g/mol. The summed E-state index contributed by atoms with van der Waals surface area (Å²) >= 11 is 0. The minimum absolute atomic E-state index is 0.0700. The van der Waals surface area contributed by atoms with Crippen molar-refractivity contribution in [1.82, 2.24) is 10.5 Å². The van der Waals surface area contributed by atoms with Crippen LogP contribution in [-0.4, -0.2) is 17.1 Å². The van der Waals surface area contributed by atoms with Gasteiger partial charge in [0.15, 0.2) is 0 Å². The predicted molar refractivity (Wildman–Crippen MR) is 71.8 cm³/mol. The summed E-state index contributed by atoms with van der Waals surface area (Å²) in [4.78, 5) is 12.3. The maximum absolute atomic E-state index is 12.3. The number of aryl methyl sites for hydroxylation is 1. The zero-order valence-electron chi connectivity index (χ0n) is 10.8. The Kier molecular flexibility index (Phi) is 3.07. The largest absolute Gasteiger partial charge is 0.360 e. The predicted octanol–water partition coefficient (Wildman–Crippen LogP) is 2.80. The van der Waals surface area contributed by atoms with Crippen LogP contribution in [0.5, 0.6) is 0 Å². The van der Waals surface area contributed by atoms with E-state index in [1.54, 1.807) is 0 Å². The van der Waals surface area contributed by atoms with Crippen molar-refractivity contribution >= 4 is 5.91 Å². The number of nitrogens with one attached hydrogen (secondary N) is 1. The van der Waals surface area contributed by atoms with Crippen LogP contribution in [0, 0.1) is 0 Å². The highest BCUT2D eigenvalue weighted by Crippen LogP contribution is 2.27. The van der Waals surface area contributed by atoms with E-state index in [1.807, 2.05) is 37.3 Å². The standard InChI is InChI=1S/C15H16N2O2/c1-2-12-13(15(18)16-11-8-9-11)14(17-19-12)10-6-4-3-5-7-10/h3-7,11H,2,8-9H2,1H3,(H,16,18). The summed E-state index contributed by atoms with van der Waals surface area (Å²) in [6.45, 7) is 1.96. The molecule has 4 heteroatoms. The fraction of sp³-hybridized carbons (Fsp3) is 0.333. The molecule has 1 saturated carbocycles. The summed E-state index contributed by atoms with van der Waals surface area (Å²) < 4.78 is 5.31. The third-order valence-electron chi connectivity index (χ3n) is 3.27. The molecule has 1 aliphatic rings. The molecule has 1 amide bonds. The van der Waals surface area contributed by atoms with Gasteiger partial charge < -0.3 is 9.84 Å². The Bertz CT molecular complexity index is 585. The summed E-state index contributed by atoms with van der Waals surface area (Å²) in [6.07, 6.45) is 2.80. The molecule has 19 heavy (non-hydrogen) atoms. The number of hydrogen-bond acceptors (Lipinski definition) is 3. The van der Waals surface area contributed by atoms with Gasteiger partial charge in [0.25, 0.3) is 5.91 Å². The maximum atomic E-state index is 12.3. The molecule has 98 valence electrons. The molecule has 3 rings (SSSR count). The Morgan fingerprint density at radius 2 is 2.11 bits per heavy atom. The van der Waals surface area contributed by atoms with E-state index in [0.717, 1.165) is 18.4 Å². The molecule has 0 aliphatic heterocycles. The van der Waals surface area contributed by atoms with Crippen molar-refractivity contribution in [3.05, 3.63) is 41.7 Å². The Hall–Kier alpha value is -2.10. The van der Waals surface area contributed by atoms with Gasteiger partial charge in [0.2, 0.25) is 0 Å². The van der Waals surface area contributed by atoms with Crippen molar-refractivity contribution in [3.8, 4) is 11.3 Å². The first-order valence-corrected chi connectivity index (χ1v) is 6.64. The molecule has 2 aromatic rings. The van der Waals surface area contributed by atoms with Crippen LogP contribution < -0.4 is 5.32 Å². The van der Waals surface area contributed by atoms with Crippen molar-refractivity contribution < 1.29 is 9.32 Å². The van der Waals surface area contributed by atoms with Gasteiger partial charge in [-0.1, -0.05) is 42.4 Å². The van der Waals surface area contributed by atoms with E-state index in [0.29, 0.717) is 29.5 Å². The number of hydrogen-bond donors (Lipinski definition) is 1. The zero-order valence-corrected chi connectivity index (χ0v) is 10.8. The van der Waals surface area contributed by atoms with E-state index in [9.17, 15) is 4.79 Å². The van der Waals surface area contributed by atoms with Gasteiger partial charge in [-0.05, 0) is 12.8 Å². The van der Waals surface area contributed by atoms with Crippen molar-refractivity contribution in [2.24, 2.45) is 0 Å². The topological polar surface area (TPSA) is 55.1 Å². The van der Waals surface area contributed by atoms with Crippen LogP contribution in [0.4, 0.5) is 0 Å². The van der Waals surface area contributed by atoms with Crippen LogP contribution in [0.15, 0.2) is 34.9 Å². The van der Waals surface area contributed by atoms with Gasteiger partial charge in [0.05, 0.1) is 0 Å². The number of amides is 1. The van der Waals surface area contributed by atoms with E-state index in [1.165, 1.54) is 0 Å². The van der Waals surface area contributed by atoms with Crippen LogP contribution in [-0.2, 0) is 6.42 Å². The van der Waals surface area contributed by atoms with Crippen molar-refractivity contribution in [2.45, 2.75) is 32.2 Å². The first-order valence-electron chi connectivity index (χ1n) is 6.64. The normalized spacial score (nSPS) is 14.4. The summed E-state index contributed by atoms with van der Waals surface area (Å²) in [5, 5.41) is 7.07. The molecule has 1 aromatic carbocycles. The lowest BCUT2D eigenvalue weighted by atomic mass is 10.0. The van der Waals surface area contributed by atoms with Crippen LogP contribution in [0.25, 0.3) is 11.3 Å². The smallest absolute Gasteiger partial charge is 0.257 e. The SMILES string of the molecule is CCc1onc(-c2ccccc2)c1C(=O)NC1CC1. The lowest BCUT2D eigenvalue weighted by Gasteiger charge is -2.04. The fourth-order valence-corrected chi connectivity index (χ4v) is 2.08. The average molecular weight is 256 g/mol. The van der Waals surface area contributed by atoms with Gasteiger partial charge in [-0.3, -0.25) is 4.79 Å². The van der Waals surface area contributed by atoms with Gasteiger partial charge in [-0.15, -0.1) is 0 Å². The van der Waals surface area contributed by atoms with Crippen LogP contribution >= 0.6 is 0 Å². The number of benzene rings is 1. The minimum Gasteiger partial charge on any atom is -0.360 e. The number of carbonyl (C=O) groups is 1. The average Bonchev–Trinajstić information content (AvgIpc) is 3.15. The van der Waals surface area contributed by atoms with Crippen molar-refractivity contribution in [3.63, 3.8) is 0 Å². The van der Waals surface area contributed by atoms with E-state index in [2.05, 4.69) is 10.5 Å². The molecule has 0 radical (unpaired) electrons. The van der Waals surface area contributed by atoms with Gasteiger partial charge in [0, 0.05) is 18.0 Å². The molecule has 4 nitrogen and oxygen atoms in total. The second-order valence-corrected chi connectivity index (χ2v) is 4.80.